The quantitative estimate of drug-likeness (QED) is 0.472. The Kier molecular flexibility index (Phi) is 2.63. The molecule has 6 heteroatoms. The number of rotatable bonds is 1. The first-order valence-corrected chi connectivity index (χ1v) is 3.51. The first-order chi connectivity index (χ1) is 6.15. The zero-order chi connectivity index (χ0) is 9.84. The summed E-state index contributed by atoms with van der Waals surface area (Å²) in [7, 11) is 2.83. The molecule has 1 aromatic rings. The molecule has 0 radical (unpaired) electrons. The number of nitrogens with zero attached hydrogens (tertiary/aromatic N) is 2. The molecular formula is C7H9N3O3. The van der Waals surface area contributed by atoms with Gasteiger partial charge >= 0.3 is 11.9 Å². The maximum atomic E-state index is 11.0. The van der Waals surface area contributed by atoms with E-state index < -0.39 is 11.9 Å². The third-order valence-corrected chi connectivity index (χ3v) is 1.42. The highest BCUT2D eigenvalue weighted by atomic mass is 16.5. The van der Waals surface area contributed by atoms with Crippen molar-refractivity contribution in [2.45, 2.75) is 0 Å². The molecule has 6 nitrogen and oxygen atoms in total. The number of anilines is 1. The number of aryl methyl sites for hydroxylation is 1. The van der Waals surface area contributed by atoms with E-state index in [1.807, 2.05) is 0 Å². The van der Waals surface area contributed by atoms with Crippen LogP contribution in [0, 0.1) is 0 Å². The summed E-state index contributed by atoms with van der Waals surface area (Å²) < 4.78 is 5.78. The van der Waals surface area contributed by atoms with Gasteiger partial charge in [0.15, 0.2) is 0 Å². The Labute approximate surface area is 74.5 Å². The highest BCUT2D eigenvalue weighted by Gasteiger charge is 2.15. The zero-order valence-electron chi connectivity index (χ0n) is 7.27. The standard InChI is InChI=1S/C7H9N3O3/c1-10-4-3-8-7(10)9-5(11)6(12)13-2/h3-4H,1-2H3,(H,8,9,11). The molecule has 0 spiro atoms. The fourth-order valence-corrected chi connectivity index (χ4v) is 0.731. The van der Waals surface area contributed by atoms with Crippen LogP contribution in [-0.4, -0.2) is 28.5 Å². The van der Waals surface area contributed by atoms with Crippen LogP contribution in [0.1, 0.15) is 0 Å². The van der Waals surface area contributed by atoms with Crippen LogP contribution in [0.4, 0.5) is 5.95 Å². The van der Waals surface area contributed by atoms with Gasteiger partial charge < -0.3 is 9.30 Å². The van der Waals surface area contributed by atoms with Gasteiger partial charge in [0.05, 0.1) is 7.11 Å². The molecule has 0 saturated heterocycles. The summed E-state index contributed by atoms with van der Waals surface area (Å²) in [5, 5.41) is 2.28. The van der Waals surface area contributed by atoms with Gasteiger partial charge in [-0.05, 0) is 0 Å². The molecule has 0 atom stereocenters. The number of aromatic nitrogens is 2. The predicted molar refractivity (Wildman–Crippen MR) is 43.9 cm³/mol. The normalized spacial score (nSPS) is 9.38. The van der Waals surface area contributed by atoms with Gasteiger partial charge in [-0.15, -0.1) is 0 Å². The van der Waals surface area contributed by atoms with E-state index in [0.29, 0.717) is 5.95 Å². The average Bonchev–Trinajstić information content (AvgIpc) is 2.50. The zero-order valence-corrected chi connectivity index (χ0v) is 7.27. The number of hydrogen-bond donors (Lipinski definition) is 1. The molecule has 0 aliphatic rings. The predicted octanol–water partition coefficient (Wildman–Crippen LogP) is -0.468. The summed E-state index contributed by atoms with van der Waals surface area (Å²) in [6, 6.07) is 0. The van der Waals surface area contributed by atoms with Crippen molar-refractivity contribution < 1.29 is 14.3 Å². The summed E-state index contributed by atoms with van der Waals surface area (Å²) in [5.74, 6) is -1.48. The van der Waals surface area contributed by atoms with Gasteiger partial charge in [-0.2, -0.15) is 0 Å². The molecule has 1 heterocycles. The molecule has 0 aliphatic heterocycles. The van der Waals surface area contributed by atoms with Crippen molar-refractivity contribution in [1.82, 2.24) is 9.55 Å². The van der Waals surface area contributed by atoms with Crippen LogP contribution >= 0.6 is 0 Å². The fraction of sp³-hybridized carbons (Fsp3) is 0.286. The van der Waals surface area contributed by atoms with Gasteiger partial charge in [0.2, 0.25) is 5.95 Å². The van der Waals surface area contributed by atoms with Crippen molar-refractivity contribution in [3.63, 3.8) is 0 Å². The summed E-state index contributed by atoms with van der Waals surface area (Å²) in [6.45, 7) is 0. The van der Waals surface area contributed by atoms with Gasteiger partial charge in [0, 0.05) is 19.4 Å². The van der Waals surface area contributed by atoms with Crippen molar-refractivity contribution in [3.05, 3.63) is 12.4 Å². The summed E-state index contributed by atoms with van der Waals surface area (Å²) in [6.07, 6.45) is 3.15. The largest absolute Gasteiger partial charge is 0.462 e. The highest BCUT2D eigenvalue weighted by molar-refractivity contribution is 6.37. The molecule has 1 N–H and O–H groups in total. The highest BCUT2D eigenvalue weighted by Crippen LogP contribution is 2.00. The molecule has 0 unspecified atom stereocenters. The number of methoxy groups -OCH3 is 1. The lowest BCUT2D eigenvalue weighted by atomic mass is 10.6. The minimum Gasteiger partial charge on any atom is -0.462 e. The van der Waals surface area contributed by atoms with Crippen LogP contribution in [0.25, 0.3) is 0 Å². The maximum absolute atomic E-state index is 11.0. The fourth-order valence-electron chi connectivity index (χ4n) is 0.731. The Hall–Kier alpha value is -1.85. The van der Waals surface area contributed by atoms with E-state index in [-0.39, 0.29) is 0 Å². The van der Waals surface area contributed by atoms with Crippen LogP contribution in [0.5, 0.6) is 0 Å². The molecule has 1 rings (SSSR count). The Morgan fingerprint density at radius 2 is 2.31 bits per heavy atom. The van der Waals surface area contributed by atoms with Crippen LogP contribution < -0.4 is 5.32 Å². The topological polar surface area (TPSA) is 73.2 Å². The summed E-state index contributed by atoms with van der Waals surface area (Å²) in [4.78, 5) is 25.4. The Morgan fingerprint density at radius 1 is 1.62 bits per heavy atom. The van der Waals surface area contributed by atoms with E-state index in [9.17, 15) is 9.59 Å². The summed E-state index contributed by atoms with van der Waals surface area (Å²) in [5.41, 5.74) is 0. The SMILES string of the molecule is COC(=O)C(=O)Nc1nccn1C. The number of carbonyl (C=O) groups is 2. The van der Waals surface area contributed by atoms with Gasteiger partial charge in [-0.3, -0.25) is 10.1 Å². The monoisotopic (exact) mass is 183 g/mol. The number of amides is 1. The first-order valence-electron chi connectivity index (χ1n) is 3.51. The summed E-state index contributed by atoms with van der Waals surface area (Å²) >= 11 is 0. The molecule has 0 bridgehead atoms. The van der Waals surface area contributed by atoms with Gasteiger partial charge in [-0.25, -0.2) is 9.78 Å². The van der Waals surface area contributed by atoms with Gasteiger partial charge in [0.1, 0.15) is 0 Å². The Balaban J connectivity index is 2.65. The smallest absolute Gasteiger partial charge is 0.396 e. The lowest BCUT2D eigenvalue weighted by molar-refractivity contribution is -0.150. The second-order valence-electron chi connectivity index (χ2n) is 2.31. The molecule has 70 valence electrons. The maximum Gasteiger partial charge on any atom is 0.396 e. The van der Waals surface area contributed by atoms with E-state index in [4.69, 9.17) is 0 Å². The van der Waals surface area contributed by atoms with Crippen molar-refractivity contribution in [2.75, 3.05) is 12.4 Å². The van der Waals surface area contributed by atoms with Crippen molar-refractivity contribution in [2.24, 2.45) is 7.05 Å². The molecule has 0 saturated carbocycles. The number of nitrogens with one attached hydrogen (secondary N) is 1. The number of imidazole rings is 1. The third kappa shape index (κ3) is 2.05. The lowest BCUT2D eigenvalue weighted by Gasteiger charge is -2.01. The molecule has 0 fully saturated rings. The van der Waals surface area contributed by atoms with E-state index in [0.717, 1.165) is 7.11 Å². The molecule has 1 aromatic heterocycles. The molecule has 0 aromatic carbocycles. The van der Waals surface area contributed by atoms with Crippen molar-refractivity contribution >= 4 is 17.8 Å². The van der Waals surface area contributed by atoms with Crippen molar-refractivity contribution in [1.29, 1.82) is 0 Å². The van der Waals surface area contributed by atoms with Gasteiger partial charge in [-0.1, -0.05) is 0 Å². The van der Waals surface area contributed by atoms with E-state index >= 15 is 0 Å². The van der Waals surface area contributed by atoms with Crippen LogP contribution in [0.15, 0.2) is 12.4 Å². The molecule has 1 amide bonds. The molecule has 0 aliphatic carbocycles. The minimum absolute atomic E-state index is 0.301. The van der Waals surface area contributed by atoms with E-state index in [1.54, 1.807) is 17.8 Å². The average molecular weight is 183 g/mol. The number of esters is 1. The lowest BCUT2D eigenvalue weighted by Crippen LogP contribution is -2.25. The van der Waals surface area contributed by atoms with Crippen LogP contribution in [0.3, 0.4) is 0 Å². The van der Waals surface area contributed by atoms with Crippen LogP contribution in [0.2, 0.25) is 0 Å². The Morgan fingerprint density at radius 3 is 2.77 bits per heavy atom. The molecule has 13 heavy (non-hydrogen) atoms. The second-order valence-corrected chi connectivity index (χ2v) is 2.31. The number of ether oxygens (including phenoxy) is 1. The first kappa shape index (κ1) is 9.24. The van der Waals surface area contributed by atoms with E-state index in [1.165, 1.54) is 6.20 Å². The van der Waals surface area contributed by atoms with E-state index in [2.05, 4.69) is 15.0 Å². The second kappa shape index (κ2) is 3.70. The Bertz CT molecular complexity index is 331. The third-order valence-electron chi connectivity index (χ3n) is 1.42. The van der Waals surface area contributed by atoms with Gasteiger partial charge in [0.25, 0.3) is 0 Å². The van der Waals surface area contributed by atoms with Crippen LogP contribution in [-0.2, 0) is 21.4 Å². The van der Waals surface area contributed by atoms with Crippen molar-refractivity contribution in [3.8, 4) is 0 Å². The number of carbonyl (C=O) groups excluding carboxylic acids is 2. The number of hydrogen-bond acceptors (Lipinski definition) is 4. The molecular weight excluding hydrogens is 174 g/mol. The minimum atomic E-state index is -0.942.